The van der Waals surface area contributed by atoms with E-state index in [4.69, 9.17) is 0 Å². The van der Waals surface area contributed by atoms with Crippen molar-refractivity contribution in [3.05, 3.63) is 0 Å². The van der Waals surface area contributed by atoms with Crippen LogP contribution in [-0.4, -0.2) is 36.5 Å². The van der Waals surface area contributed by atoms with Crippen molar-refractivity contribution in [1.82, 2.24) is 10.2 Å². The summed E-state index contributed by atoms with van der Waals surface area (Å²) >= 11 is 0. The highest BCUT2D eigenvalue weighted by atomic mass is 16.2. The molecule has 1 N–H and O–H groups in total. The molecule has 1 heterocycles. The summed E-state index contributed by atoms with van der Waals surface area (Å²) in [5.41, 5.74) is 0. The molecule has 1 atom stereocenters. The van der Waals surface area contributed by atoms with Crippen LogP contribution >= 0.6 is 0 Å². The fraction of sp³-hybridized carbons (Fsp3) is 0.933. The molecule has 0 radical (unpaired) electrons. The van der Waals surface area contributed by atoms with Crippen LogP contribution in [0.5, 0.6) is 0 Å². The van der Waals surface area contributed by atoms with E-state index < -0.39 is 0 Å². The van der Waals surface area contributed by atoms with Crippen LogP contribution in [0, 0.1) is 17.8 Å². The van der Waals surface area contributed by atoms with Crippen LogP contribution in [0.1, 0.15) is 47.5 Å². The normalized spacial score (nSPS) is 17.9. The van der Waals surface area contributed by atoms with Crippen LogP contribution in [0.3, 0.4) is 0 Å². The van der Waals surface area contributed by atoms with Crippen molar-refractivity contribution in [1.29, 1.82) is 0 Å². The molecule has 3 heteroatoms. The summed E-state index contributed by atoms with van der Waals surface area (Å²) < 4.78 is 0. The first-order valence-corrected chi connectivity index (χ1v) is 7.52. The van der Waals surface area contributed by atoms with E-state index in [0.29, 0.717) is 23.8 Å². The molecule has 0 spiro atoms. The smallest absolute Gasteiger partial charge is 0.226 e. The average Bonchev–Trinajstić information content (AvgIpc) is 2.25. The van der Waals surface area contributed by atoms with Gasteiger partial charge in [0, 0.05) is 18.5 Å². The Morgan fingerprint density at radius 1 is 1.22 bits per heavy atom. The van der Waals surface area contributed by atoms with Gasteiger partial charge in [0.1, 0.15) is 0 Å². The molecule has 1 rings (SSSR count). The SMILES string of the molecule is CCC(CC)N(CC(C)C)C(=O)C(C)C1CNC1. The van der Waals surface area contributed by atoms with Gasteiger partial charge in [0.2, 0.25) is 5.91 Å². The van der Waals surface area contributed by atoms with Crippen LogP contribution in [-0.2, 0) is 4.79 Å². The molecule has 18 heavy (non-hydrogen) atoms. The molecule has 0 aliphatic carbocycles. The van der Waals surface area contributed by atoms with E-state index >= 15 is 0 Å². The van der Waals surface area contributed by atoms with Crippen LogP contribution in [0.4, 0.5) is 0 Å². The molecule has 0 aromatic heterocycles. The van der Waals surface area contributed by atoms with Crippen LogP contribution in [0.25, 0.3) is 0 Å². The van der Waals surface area contributed by atoms with Gasteiger partial charge in [-0.15, -0.1) is 0 Å². The summed E-state index contributed by atoms with van der Waals surface area (Å²) in [7, 11) is 0. The summed E-state index contributed by atoms with van der Waals surface area (Å²) in [6, 6.07) is 0.412. The molecule has 1 aliphatic heterocycles. The van der Waals surface area contributed by atoms with Crippen molar-refractivity contribution in [2.45, 2.75) is 53.5 Å². The van der Waals surface area contributed by atoms with E-state index in [9.17, 15) is 4.79 Å². The van der Waals surface area contributed by atoms with Crippen LogP contribution in [0.2, 0.25) is 0 Å². The maximum Gasteiger partial charge on any atom is 0.226 e. The monoisotopic (exact) mass is 254 g/mol. The second kappa shape index (κ2) is 7.13. The van der Waals surface area contributed by atoms with Gasteiger partial charge >= 0.3 is 0 Å². The lowest BCUT2D eigenvalue weighted by atomic mass is 9.87. The highest BCUT2D eigenvalue weighted by molar-refractivity contribution is 5.79. The molecule has 1 saturated heterocycles. The molecule has 3 nitrogen and oxygen atoms in total. The molecule has 0 aromatic carbocycles. The van der Waals surface area contributed by atoms with Crippen molar-refractivity contribution in [3.8, 4) is 0 Å². The van der Waals surface area contributed by atoms with Crippen molar-refractivity contribution >= 4 is 5.91 Å². The average molecular weight is 254 g/mol. The fourth-order valence-electron chi connectivity index (χ4n) is 2.67. The van der Waals surface area contributed by atoms with E-state index in [2.05, 4.69) is 44.8 Å². The van der Waals surface area contributed by atoms with Gasteiger partial charge in [0.05, 0.1) is 0 Å². The molecule has 1 aliphatic rings. The van der Waals surface area contributed by atoms with Crippen LogP contribution < -0.4 is 5.32 Å². The zero-order valence-corrected chi connectivity index (χ0v) is 12.7. The summed E-state index contributed by atoms with van der Waals surface area (Å²) in [6.45, 7) is 13.8. The topological polar surface area (TPSA) is 32.3 Å². The maximum absolute atomic E-state index is 12.7. The third kappa shape index (κ3) is 3.71. The second-order valence-electron chi connectivity index (χ2n) is 6.06. The van der Waals surface area contributed by atoms with Gasteiger partial charge in [-0.05, 0) is 37.8 Å². The van der Waals surface area contributed by atoms with E-state index in [1.54, 1.807) is 0 Å². The minimum absolute atomic E-state index is 0.172. The van der Waals surface area contributed by atoms with Gasteiger partial charge in [0.25, 0.3) is 0 Å². The summed E-state index contributed by atoms with van der Waals surface area (Å²) in [5, 5.41) is 3.26. The number of hydrogen-bond donors (Lipinski definition) is 1. The van der Waals surface area contributed by atoms with Crippen molar-refractivity contribution in [2.24, 2.45) is 17.8 Å². The lowest BCUT2D eigenvalue weighted by Crippen LogP contribution is -2.52. The summed E-state index contributed by atoms with van der Waals surface area (Å²) in [4.78, 5) is 14.8. The van der Waals surface area contributed by atoms with Crippen LogP contribution in [0.15, 0.2) is 0 Å². The third-order valence-electron chi connectivity index (χ3n) is 4.14. The number of amides is 1. The largest absolute Gasteiger partial charge is 0.339 e. The number of carbonyl (C=O) groups excluding carboxylic acids is 1. The number of nitrogens with zero attached hydrogens (tertiary/aromatic N) is 1. The zero-order valence-electron chi connectivity index (χ0n) is 12.7. The highest BCUT2D eigenvalue weighted by Gasteiger charge is 2.33. The zero-order chi connectivity index (χ0) is 13.7. The predicted molar refractivity (Wildman–Crippen MR) is 76.4 cm³/mol. The standard InChI is InChI=1S/C15H30N2O/c1-6-14(7-2)17(10-11(3)4)15(18)12(5)13-8-16-9-13/h11-14,16H,6-10H2,1-5H3. The Hall–Kier alpha value is -0.570. The lowest BCUT2D eigenvalue weighted by molar-refractivity contribution is -0.140. The first-order valence-electron chi connectivity index (χ1n) is 7.52. The van der Waals surface area contributed by atoms with E-state index in [-0.39, 0.29) is 5.92 Å². The van der Waals surface area contributed by atoms with Crippen molar-refractivity contribution in [3.63, 3.8) is 0 Å². The minimum Gasteiger partial charge on any atom is -0.339 e. The van der Waals surface area contributed by atoms with E-state index in [1.807, 2.05) is 0 Å². The molecule has 1 amide bonds. The Bertz CT molecular complexity index is 257. The first kappa shape index (κ1) is 15.5. The van der Waals surface area contributed by atoms with E-state index in [0.717, 1.165) is 32.5 Å². The number of nitrogens with one attached hydrogen (secondary N) is 1. The number of carbonyl (C=O) groups is 1. The van der Waals surface area contributed by atoms with Gasteiger partial charge in [0.15, 0.2) is 0 Å². The molecule has 0 aromatic rings. The fourth-order valence-corrected chi connectivity index (χ4v) is 2.67. The molecular formula is C15H30N2O. The van der Waals surface area contributed by atoms with Crippen molar-refractivity contribution in [2.75, 3.05) is 19.6 Å². The Kier molecular flexibility index (Phi) is 6.13. The number of hydrogen-bond acceptors (Lipinski definition) is 2. The quantitative estimate of drug-likeness (QED) is 0.757. The summed E-state index contributed by atoms with van der Waals surface area (Å²) in [5.74, 6) is 1.62. The van der Waals surface area contributed by atoms with E-state index in [1.165, 1.54) is 0 Å². The molecule has 106 valence electrons. The van der Waals surface area contributed by atoms with Gasteiger partial charge in [-0.1, -0.05) is 34.6 Å². The van der Waals surface area contributed by atoms with Gasteiger partial charge in [-0.3, -0.25) is 4.79 Å². The first-order chi connectivity index (χ1) is 8.51. The Morgan fingerprint density at radius 3 is 2.11 bits per heavy atom. The Morgan fingerprint density at radius 2 is 1.78 bits per heavy atom. The molecular weight excluding hydrogens is 224 g/mol. The highest BCUT2D eigenvalue weighted by Crippen LogP contribution is 2.22. The predicted octanol–water partition coefficient (Wildman–Crippen LogP) is 2.52. The molecule has 0 bridgehead atoms. The Labute approximate surface area is 112 Å². The minimum atomic E-state index is 0.172. The third-order valence-corrected chi connectivity index (χ3v) is 4.14. The molecule has 1 unspecified atom stereocenters. The van der Waals surface area contributed by atoms with Crippen molar-refractivity contribution < 1.29 is 4.79 Å². The number of rotatable bonds is 7. The summed E-state index contributed by atoms with van der Waals surface area (Å²) in [6.07, 6.45) is 2.12. The second-order valence-corrected chi connectivity index (χ2v) is 6.06. The van der Waals surface area contributed by atoms with Gasteiger partial charge in [-0.25, -0.2) is 0 Å². The van der Waals surface area contributed by atoms with Gasteiger partial charge in [-0.2, -0.15) is 0 Å². The maximum atomic E-state index is 12.7. The Balaban J connectivity index is 2.70. The van der Waals surface area contributed by atoms with Gasteiger partial charge < -0.3 is 10.2 Å². The lowest BCUT2D eigenvalue weighted by Gasteiger charge is -2.38. The molecule has 1 fully saturated rings. The molecule has 0 saturated carbocycles.